The lowest BCUT2D eigenvalue weighted by Gasteiger charge is -2.07. The van der Waals surface area contributed by atoms with Crippen molar-refractivity contribution < 1.29 is 0 Å². The highest BCUT2D eigenvalue weighted by atomic mass is 79.9. The fourth-order valence-electron chi connectivity index (χ4n) is 1.36. The Morgan fingerprint density at radius 1 is 1.24 bits per heavy atom. The highest BCUT2D eigenvalue weighted by molar-refractivity contribution is 9.10. The maximum absolute atomic E-state index is 5.53. The van der Waals surface area contributed by atoms with Crippen LogP contribution in [0.2, 0.25) is 0 Å². The van der Waals surface area contributed by atoms with Crippen molar-refractivity contribution >= 4 is 44.6 Å². The Hall–Kier alpha value is -1.46. The molecule has 2 aromatic rings. The quantitative estimate of drug-likeness (QED) is 0.855. The number of hydrogen-bond acceptors (Lipinski definition) is 3. The maximum atomic E-state index is 5.53. The van der Waals surface area contributed by atoms with Crippen LogP contribution in [0, 0.1) is 0 Å². The van der Waals surface area contributed by atoms with Crippen molar-refractivity contribution in [2.75, 3.05) is 5.32 Å². The van der Waals surface area contributed by atoms with Crippen LogP contribution in [0.1, 0.15) is 5.69 Å². The molecule has 0 spiro atoms. The summed E-state index contributed by atoms with van der Waals surface area (Å²) in [5.41, 5.74) is 7.10. The van der Waals surface area contributed by atoms with Crippen LogP contribution in [0.5, 0.6) is 0 Å². The topological polar surface area (TPSA) is 50.9 Å². The first-order valence-electron chi connectivity index (χ1n) is 4.94. The third kappa shape index (κ3) is 3.25. The second-order valence-corrected chi connectivity index (χ2v) is 4.76. The SMILES string of the molecule is NC(=S)c1cccc(Nc2cccc(Br)c2)n1. The van der Waals surface area contributed by atoms with E-state index in [2.05, 4.69) is 26.2 Å². The molecule has 0 saturated carbocycles. The molecule has 17 heavy (non-hydrogen) atoms. The lowest BCUT2D eigenvalue weighted by Crippen LogP contribution is -2.12. The van der Waals surface area contributed by atoms with Gasteiger partial charge < -0.3 is 11.1 Å². The van der Waals surface area contributed by atoms with Crippen LogP contribution in [-0.2, 0) is 0 Å². The van der Waals surface area contributed by atoms with Crippen LogP contribution in [0.3, 0.4) is 0 Å². The van der Waals surface area contributed by atoms with E-state index in [4.69, 9.17) is 18.0 Å². The van der Waals surface area contributed by atoms with Gasteiger partial charge in [0.05, 0.1) is 5.69 Å². The Morgan fingerprint density at radius 3 is 2.71 bits per heavy atom. The normalized spacial score (nSPS) is 9.94. The van der Waals surface area contributed by atoms with Gasteiger partial charge in [-0.25, -0.2) is 4.98 Å². The van der Waals surface area contributed by atoms with Gasteiger partial charge in [-0.2, -0.15) is 0 Å². The third-order valence-electron chi connectivity index (χ3n) is 2.10. The number of hydrogen-bond donors (Lipinski definition) is 2. The summed E-state index contributed by atoms with van der Waals surface area (Å²) >= 11 is 8.30. The zero-order chi connectivity index (χ0) is 12.3. The highest BCUT2D eigenvalue weighted by Gasteiger charge is 2.00. The van der Waals surface area contributed by atoms with Gasteiger partial charge in [0.15, 0.2) is 0 Å². The summed E-state index contributed by atoms with van der Waals surface area (Å²) in [6, 6.07) is 13.3. The second kappa shape index (κ2) is 5.25. The van der Waals surface area contributed by atoms with Crippen LogP contribution >= 0.6 is 28.1 Å². The summed E-state index contributed by atoms with van der Waals surface area (Å²) in [6.45, 7) is 0. The van der Waals surface area contributed by atoms with E-state index < -0.39 is 0 Å². The van der Waals surface area contributed by atoms with E-state index in [0.717, 1.165) is 10.2 Å². The van der Waals surface area contributed by atoms with Crippen LogP contribution < -0.4 is 11.1 Å². The summed E-state index contributed by atoms with van der Waals surface area (Å²) in [5.74, 6) is 0.716. The molecule has 0 atom stereocenters. The Balaban J connectivity index is 2.24. The average Bonchev–Trinajstić information content (AvgIpc) is 2.29. The van der Waals surface area contributed by atoms with Gasteiger partial charge in [-0.15, -0.1) is 0 Å². The molecular formula is C12H10BrN3S. The Bertz CT molecular complexity index is 557. The number of pyridine rings is 1. The van der Waals surface area contributed by atoms with E-state index in [0.29, 0.717) is 16.5 Å². The van der Waals surface area contributed by atoms with Gasteiger partial charge in [0, 0.05) is 10.2 Å². The number of nitrogens with two attached hydrogens (primary N) is 1. The first-order chi connectivity index (χ1) is 8.15. The molecule has 86 valence electrons. The molecule has 0 amide bonds. The molecule has 0 aliphatic rings. The van der Waals surface area contributed by atoms with E-state index >= 15 is 0 Å². The minimum absolute atomic E-state index is 0.294. The first-order valence-corrected chi connectivity index (χ1v) is 6.15. The number of rotatable bonds is 3. The molecule has 2 rings (SSSR count). The Kier molecular flexibility index (Phi) is 3.71. The molecule has 3 nitrogen and oxygen atoms in total. The van der Waals surface area contributed by atoms with E-state index in [1.807, 2.05) is 36.4 Å². The van der Waals surface area contributed by atoms with Gasteiger partial charge in [0.1, 0.15) is 10.8 Å². The number of halogens is 1. The van der Waals surface area contributed by atoms with Gasteiger partial charge in [-0.1, -0.05) is 40.3 Å². The van der Waals surface area contributed by atoms with Crippen LogP contribution in [0.4, 0.5) is 11.5 Å². The number of benzene rings is 1. The molecule has 0 saturated heterocycles. The number of nitrogens with zero attached hydrogens (tertiary/aromatic N) is 1. The summed E-state index contributed by atoms with van der Waals surface area (Å²) < 4.78 is 1.01. The molecule has 1 aromatic carbocycles. The monoisotopic (exact) mass is 307 g/mol. The van der Waals surface area contributed by atoms with E-state index in [9.17, 15) is 0 Å². The van der Waals surface area contributed by atoms with Crippen molar-refractivity contribution in [1.29, 1.82) is 0 Å². The van der Waals surface area contributed by atoms with Crippen molar-refractivity contribution in [3.63, 3.8) is 0 Å². The molecule has 3 N–H and O–H groups in total. The highest BCUT2D eigenvalue weighted by Crippen LogP contribution is 2.19. The lowest BCUT2D eigenvalue weighted by molar-refractivity contribution is 1.28. The van der Waals surface area contributed by atoms with Crippen molar-refractivity contribution in [3.05, 3.63) is 52.6 Å². The van der Waals surface area contributed by atoms with Gasteiger partial charge in [0.2, 0.25) is 0 Å². The molecule has 1 heterocycles. The largest absolute Gasteiger partial charge is 0.388 e. The molecule has 1 aromatic heterocycles. The predicted octanol–water partition coefficient (Wildman–Crippen LogP) is 3.22. The van der Waals surface area contributed by atoms with Gasteiger partial charge in [0.25, 0.3) is 0 Å². The summed E-state index contributed by atoms with van der Waals surface area (Å²) in [4.78, 5) is 4.60. The molecule has 0 fully saturated rings. The molecular weight excluding hydrogens is 298 g/mol. The minimum Gasteiger partial charge on any atom is -0.388 e. The van der Waals surface area contributed by atoms with Crippen molar-refractivity contribution in [3.8, 4) is 0 Å². The average molecular weight is 308 g/mol. The third-order valence-corrected chi connectivity index (χ3v) is 2.80. The molecule has 0 aliphatic carbocycles. The number of nitrogens with one attached hydrogen (secondary N) is 1. The molecule has 0 radical (unpaired) electrons. The molecule has 0 bridgehead atoms. The maximum Gasteiger partial charge on any atom is 0.131 e. The van der Waals surface area contributed by atoms with Crippen molar-refractivity contribution in [1.82, 2.24) is 4.98 Å². The zero-order valence-electron chi connectivity index (χ0n) is 8.85. The Morgan fingerprint density at radius 2 is 2.00 bits per heavy atom. The van der Waals surface area contributed by atoms with Gasteiger partial charge in [-0.05, 0) is 30.3 Å². The summed E-state index contributed by atoms with van der Waals surface area (Å²) in [7, 11) is 0. The van der Waals surface area contributed by atoms with E-state index in [-0.39, 0.29) is 0 Å². The van der Waals surface area contributed by atoms with E-state index in [1.54, 1.807) is 6.07 Å². The predicted molar refractivity (Wildman–Crippen MR) is 77.5 cm³/mol. The Labute approximate surface area is 113 Å². The number of anilines is 2. The first kappa shape index (κ1) is 12.0. The van der Waals surface area contributed by atoms with Crippen LogP contribution in [0.25, 0.3) is 0 Å². The smallest absolute Gasteiger partial charge is 0.131 e. The lowest BCUT2D eigenvalue weighted by atomic mass is 10.3. The van der Waals surface area contributed by atoms with Crippen molar-refractivity contribution in [2.45, 2.75) is 0 Å². The minimum atomic E-state index is 0.294. The fraction of sp³-hybridized carbons (Fsp3) is 0. The van der Waals surface area contributed by atoms with Gasteiger partial charge >= 0.3 is 0 Å². The second-order valence-electron chi connectivity index (χ2n) is 3.41. The number of aromatic nitrogens is 1. The number of thiocarbonyl (C=S) groups is 1. The standard InChI is InChI=1S/C12H10BrN3S/c13-8-3-1-4-9(7-8)15-11-6-2-5-10(16-11)12(14)17/h1-7H,(H2,14,17)(H,15,16). The van der Waals surface area contributed by atoms with Crippen LogP contribution in [0.15, 0.2) is 46.9 Å². The van der Waals surface area contributed by atoms with E-state index in [1.165, 1.54) is 0 Å². The molecule has 0 unspecified atom stereocenters. The van der Waals surface area contributed by atoms with Gasteiger partial charge in [-0.3, -0.25) is 0 Å². The summed E-state index contributed by atoms with van der Waals surface area (Å²) in [5, 5.41) is 3.18. The molecule has 5 heteroatoms. The summed E-state index contributed by atoms with van der Waals surface area (Å²) in [6.07, 6.45) is 0. The van der Waals surface area contributed by atoms with Crippen LogP contribution in [-0.4, -0.2) is 9.97 Å². The fourth-order valence-corrected chi connectivity index (χ4v) is 1.87. The van der Waals surface area contributed by atoms with Crippen molar-refractivity contribution in [2.24, 2.45) is 5.73 Å². The zero-order valence-corrected chi connectivity index (χ0v) is 11.3. The molecule has 0 aliphatic heterocycles.